The lowest BCUT2D eigenvalue weighted by Crippen LogP contribution is -2.07. The second-order valence-electron chi connectivity index (χ2n) is 3.88. The van der Waals surface area contributed by atoms with Gasteiger partial charge in [0.15, 0.2) is 0 Å². The second kappa shape index (κ2) is 6.16. The van der Waals surface area contributed by atoms with Gasteiger partial charge in [-0.25, -0.2) is 4.39 Å². The Kier molecular flexibility index (Phi) is 4.31. The van der Waals surface area contributed by atoms with Crippen molar-refractivity contribution < 1.29 is 9.18 Å². The Hall–Kier alpha value is -2.13. The Morgan fingerprint density at radius 2 is 1.89 bits per heavy atom. The fourth-order valence-electron chi connectivity index (χ4n) is 1.50. The molecule has 0 unspecified atom stereocenters. The van der Waals surface area contributed by atoms with Crippen LogP contribution in [0.15, 0.2) is 54.6 Å². The first-order valence-corrected chi connectivity index (χ1v) is 6.01. The van der Waals surface area contributed by atoms with E-state index in [0.29, 0.717) is 16.3 Å². The maximum atomic E-state index is 12.9. The molecule has 1 amide bonds. The Balaban J connectivity index is 1.99. The summed E-state index contributed by atoms with van der Waals surface area (Å²) in [6.45, 7) is 0. The monoisotopic (exact) mass is 275 g/mol. The molecule has 0 saturated carbocycles. The number of carbonyl (C=O) groups excluding carboxylic acids is 1. The van der Waals surface area contributed by atoms with Gasteiger partial charge in [0.25, 0.3) is 0 Å². The molecular formula is C15H11ClFNO. The summed E-state index contributed by atoms with van der Waals surface area (Å²) in [6.07, 6.45) is 2.90. The smallest absolute Gasteiger partial charge is 0.248 e. The predicted octanol–water partition coefficient (Wildman–Crippen LogP) is 4.13. The topological polar surface area (TPSA) is 29.1 Å². The maximum absolute atomic E-state index is 12.9. The number of hydrogen-bond donors (Lipinski definition) is 1. The molecule has 2 aromatic carbocycles. The zero-order valence-corrected chi connectivity index (χ0v) is 10.7. The lowest BCUT2D eigenvalue weighted by Gasteiger charge is -2.01. The summed E-state index contributed by atoms with van der Waals surface area (Å²) in [6, 6.07) is 12.8. The Morgan fingerprint density at radius 3 is 2.58 bits per heavy atom. The summed E-state index contributed by atoms with van der Waals surface area (Å²) in [5.41, 5.74) is 1.28. The molecule has 1 N–H and O–H groups in total. The highest BCUT2D eigenvalue weighted by Crippen LogP contribution is 2.13. The minimum Gasteiger partial charge on any atom is -0.323 e. The molecule has 0 aliphatic carbocycles. The summed E-state index contributed by atoms with van der Waals surface area (Å²) in [5.74, 6) is -0.619. The van der Waals surface area contributed by atoms with Gasteiger partial charge in [-0.05, 0) is 48.0 Å². The minimum atomic E-state index is -0.333. The van der Waals surface area contributed by atoms with Crippen LogP contribution in [0.2, 0.25) is 5.02 Å². The molecule has 0 spiro atoms. The van der Waals surface area contributed by atoms with Crippen molar-refractivity contribution in [1.29, 1.82) is 0 Å². The first-order chi connectivity index (χ1) is 9.13. The van der Waals surface area contributed by atoms with Gasteiger partial charge >= 0.3 is 0 Å². The van der Waals surface area contributed by atoms with Crippen molar-refractivity contribution in [2.75, 3.05) is 5.32 Å². The van der Waals surface area contributed by atoms with E-state index in [1.807, 2.05) is 0 Å². The van der Waals surface area contributed by atoms with Crippen LogP contribution in [0.25, 0.3) is 6.08 Å². The molecule has 2 aromatic rings. The number of anilines is 1. The average Bonchev–Trinajstić information content (AvgIpc) is 2.39. The molecule has 0 aliphatic rings. The van der Waals surface area contributed by atoms with Gasteiger partial charge in [0.05, 0.1) is 0 Å². The van der Waals surface area contributed by atoms with Crippen LogP contribution < -0.4 is 5.32 Å². The number of benzene rings is 2. The summed E-state index contributed by atoms with van der Waals surface area (Å²) >= 11 is 5.74. The Labute approximate surface area is 115 Å². The standard InChI is InChI=1S/C15H11ClFNO/c16-12-5-7-14(8-6-12)18-15(19)9-4-11-2-1-3-13(17)10-11/h1-10H,(H,18,19). The first kappa shape index (κ1) is 13.3. The summed E-state index contributed by atoms with van der Waals surface area (Å²) < 4.78 is 12.9. The van der Waals surface area contributed by atoms with Crippen molar-refractivity contribution in [3.63, 3.8) is 0 Å². The van der Waals surface area contributed by atoms with Crippen LogP contribution in [0.5, 0.6) is 0 Å². The van der Waals surface area contributed by atoms with Crippen molar-refractivity contribution in [1.82, 2.24) is 0 Å². The molecule has 0 atom stereocenters. The van der Waals surface area contributed by atoms with E-state index >= 15 is 0 Å². The number of carbonyl (C=O) groups is 1. The average molecular weight is 276 g/mol. The third-order valence-electron chi connectivity index (χ3n) is 2.39. The highest BCUT2D eigenvalue weighted by Gasteiger charge is 1.98. The van der Waals surface area contributed by atoms with Gasteiger partial charge in [-0.2, -0.15) is 0 Å². The van der Waals surface area contributed by atoms with Gasteiger partial charge in [0, 0.05) is 16.8 Å². The molecule has 0 aliphatic heterocycles. The van der Waals surface area contributed by atoms with Crippen molar-refractivity contribution >= 4 is 29.3 Å². The van der Waals surface area contributed by atoms with Crippen molar-refractivity contribution in [2.45, 2.75) is 0 Å². The lowest BCUT2D eigenvalue weighted by molar-refractivity contribution is -0.111. The number of hydrogen-bond acceptors (Lipinski definition) is 1. The fraction of sp³-hybridized carbons (Fsp3) is 0. The van der Waals surface area contributed by atoms with Crippen molar-refractivity contribution in [2.24, 2.45) is 0 Å². The molecule has 0 heterocycles. The van der Waals surface area contributed by atoms with E-state index in [4.69, 9.17) is 11.6 Å². The first-order valence-electron chi connectivity index (χ1n) is 5.64. The summed E-state index contributed by atoms with van der Waals surface area (Å²) in [5, 5.41) is 3.28. The van der Waals surface area contributed by atoms with Gasteiger partial charge in [0.2, 0.25) is 5.91 Å². The number of amides is 1. The third kappa shape index (κ3) is 4.23. The Morgan fingerprint density at radius 1 is 1.16 bits per heavy atom. The molecule has 19 heavy (non-hydrogen) atoms. The van der Waals surface area contributed by atoms with Crippen molar-refractivity contribution in [3.05, 3.63) is 71.0 Å². The van der Waals surface area contributed by atoms with Crippen molar-refractivity contribution in [3.8, 4) is 0 Å². The SMILES string of the molecule is O=C(C=Cc1cccc(F)c1)Nc1ccc(Cl)cc1. The molecule has 96 valence electrons. The molecule has 0 aromatic heterocycles. The predicted molar refractivity (Wildman–Crippen MR) is 75.5 cm³/mol. The molecule has 0 saturated heterocycles. The van der Waals surface area contributed by atoms with Crippen LogP contribution in [0.4, 0.5) is 10.1 Å². The van der Waals surface area contributed by atoms with Gasteiger partial charge in [-0.15, -0.1) is 0 Å². The molecule has 2 nitrogen and oxygen atoms in total. The van der Waals surface area contributed by atoms with E-state index in [2.05, 4.69) is 5.32 Å². The largest absolute Gasteiger partial charge is 0.323 e. The van der Waals surface area contributed by atoms with E-state index in [9.17, 15) is 9.18 Å². The van der Waals surface area contributed by atoms with Crippen LogP contribution in [0.1, 0.15) is 5.56 Å². The Bertz CT molecular complexity index is 608. The molecule has 2 rings (SSSR count). The van der Waals surface area contributed by atoms with E-state index in [1.54, 1.807) is 42.5 Å². The van der Waals surface area contributed by atoms with Gasteiger partial charge in [-0.1, -0.05) is 23.7 Å². The van der Waals surface area contributed by atoms with Crippen LogP contribution in [-0.4, -0.2) is 5.91 Å². The normalized spacial score (nSPS) is 10.6. The van der Waals surface area contributed by atoms with Crippen LogP contribution in [0.3, 0.4) is 0 Å². The molecule has 4 heteroatoms. The molecule has 0 fully saturated rings. The van der Waals surface area contributed by atoms with Gasteiger partial charge in [0.1, 0.15) is 5.82 Å². The van der Waals surface area contributed by atoms with E-state index in [1.165, 1.54) is 18.2 Å². The van der Waals surface area contributed by atoms with Crippen LogP contribution in [0, 0.1) is 5.82 Å². The maximum Gasteiger partial charge on any atom is 0.248 e. The van der Waals surface area contributed by atoms with E-state index in [0.717, 1.165) is 0 Å². The number of halogens is 2. The van der Waals surface area contributed by atoms with E-state index < -0.39 is 0 Å². The number of nitrogens with one attached hydrogen (secondary N) is 1. The summed E-state index contributed by atoms with van der Waals surface area (Å²) in [7, 11) is 0. The minimum absolute atomic E-state index is 0.286. The zero-order chi connectivity index (χ0) is 13.7. The zero-order valence-electron chi connectivity index (χ0n) is 9.94. The fourth-order valence-corrected chi connectivity index (χ4v) is 1.63. The van der Waals surface area contributed by atoms with E-state index in [-0.39, 0.29) is 11.7 Å². The quantitative estimate of drug-likeness (QED) is 0.839. The van der Waals surface area contributed by atoms with Crippen LogP contribution >= 0.6 is 11.6 Å². The van der Waals surface area contributed by atoms with Crippen LogP contribution in [-0.2, 0) is 4.79 Å². The van der Waals surface area contributed by atoms with Gasteiger partial charge in [-0.3, -0.25) is 4.79 Å². The number of rotatable bonds is 3. The molecule has 0 bridgehead atoms. The lowest BCUT2D eigenvalue weighted by atomic mass is 10.2. The second-order valence-corrected chi connectivity index (χ2v) is 4.32. The molecule has 0 radical (unpaired) electrons. The molecular weight excluding hydrogens is 265 g/mol. The summed E-state index contributed by atoms with van der Waals surface area (Å²) in [4.78, 5) is 11.6. The highest BCUT2D eigenvalue weighted by atomic mass is 35.5. The highest BCUT2D eigenvalue weighted by molar-refractivity contribution is 6.30. The third-order valence-corrected chi connectivity index (χ3v) is 2.64. The van der Waals surface area contributed by atoms with Gasteiger partial charge < -0.3 is 5.32 Å².